The second kappa shape index (κ2) is 6.55. The fraction of sp³-hybridized carbons (Fsp3) is 1.00. The highest BCUT2D eigenvalue weighted by molar-refractivity contribution is 7.89. The molecule has 1 aliphatic carbocycles. The van der Waals surface area contributed by atoms with Gasteiger partial charge < -0.3 is 5.32 Å². The van der Waals surface area contributed by atoms with Crippen LogP contribution in [0.5, 0.6) is 0 Å². The van der Waals surface area contributed by atoms with Gasteiger partial charge >= 0.3 is 0 Å². The predicted molar refractivity (Wildman–Crippen MR) is 78.6 cm³/mol. The van der Waals surface area contributed by atoms with Crippen LogP contribution in [0.2, 0.25) is 0 Å². The number of nitrogens with one attached hydrogen (secondary N) is 1. The number of nitrogens with zero attached hydrogens (tertiary/aromatic N) is 1. The first-order valence-electron chi connectivity index (χ1n) is 7.69. The van der Waals surface area contributed by atoms with Crippen LogP contribution in [0.25, 0.3) is 0 Å². The summed E-state index contributed by atoms with van der Waals surface area (Å²) >= 11 is 0. The van der Waals surface area contributed by atoms with Crippen LogP contribution in [0.4, 0.5) is 0 Å². The number of piperidine rings is 1. The molecule has 1 N–H and O–H groups in total. The van der Waals surface area contributed by atoms with E-state index in [2.05, 4.69) is 19.2 Å². The van der Waals surface area contributed by atoms with Crippen LogP contribution >= 0.6 is 0 Å². The minimum absolute atomic E-state index is 0.311. The van der Waals surface area contributed by atoms with E-state index in [-0.39, 0.29) is 0 Å². The Hall–Kier alpha value is -0.130. The van der Waals surface area contributed by atoms with Crippen molar-refractivity contribution in [2.45, 2.75) is 52.0 Å². The molecule has 4 nitrogen and oxygen atoms in total. The Morgan fingerprint density at radius 3 is 2.32 bits per heavy atom. The SMILES string of the molecule is CC(C)CCN(C1CC1)S(=O)(=O)CC1CCNCC1. The largest absolute Gasteiger partial charge is 0.317 e. The summed E-state index contributed by atoms with van der Waals surface area (Å²) in [5, 5.41) is 3.30. The molecule has 0 radical (unpaired) electrons. The van der Waals surface area contributed by atoms with Crippen LogP contribution < -0.4 is 5.32 Å². The molecule has 5 heteroatoms. The summed E-state index contributed by atoms with van der Waals surface area (Å²) in [6.45, 7) is 6.97. The molecule has 1 saturated carbocycles. The zero-order valence-corrected chi connectivity index (χ0v) is 13.1. The Morgan fingerprint density at radius 1 is 1.16 bits per heavy atom. The Bertz CT molecular complexity index is 371. The van der Waals surface area contributed by atoms with E-state index in [1.807, 2.05) is 4.31 Å². The zero-order valence-electron chi connectivity index (χ0n) is 12.3. The molecule has 19 heavy (non-hydrogen) atoms. The fourth-order valence-corrected chi connectivity index (χ4v) is 4.91. The van der Waals surface area contributed by atoms with Crippen molar-refractivity contribution in [2.75, 3.05) is 25.4 Å². The van der Waals surface area contributed by atoms with Crippen LogP contribution in [0.1, 0.15) is 46.0 Å². The highest BCUT2D eigenvalue weighted by Crippen LogP contribution is 2.31. The fourth-order valence-electron chi connectivity index (χ4n) is 2.74. The van der Waals surface area contributed by atoms with Crippen molar-refractivity contribution in [1.29, 1.82) is 0 Å². The third-order valence-corrected chi connectivity index (χ3v) is 6.23. The molecule has 0 aromatic carbocycles. The first-order chi connectivity index (χ1) is 8.99. The second-order valence-corrected chi connectivity index (χ2v) is 8.46. The minimum Gasteiger partial charge on any atom is -0.317 e. The summed E-state index contributed by atoms with van der Waals surface area (Å²) in [6.07, 6.45) is 5.10. The number of hydrogen-bond donors (Lipinski definition) is 1. The van der Waals surface area contributed by atoms with Crippen LogP contribution in [-0.2, 0) is 10.0 Å². The van der Waals surface area contributed by atoms with E-state index in [4.69, 9.17) is 0 Å². The molecule has 112 valence electrons. The Morgan fingerprint density at radius 2 is 1.79 bits per heavy atom. The maximum atomic E-state index is 12.6. The van der Waals surface area contributed by atoms with Crippen LogP contribution in [0.15, 0.2) is 0 Å². The van der Waals surface area contributed by atoms with Crippen molar-refractivity contribution in [2.24, 2.45) is 11.8 Å². The van der Waals surface area contributed by atoms with Gasteiger partial charge in [-0.2, -0.15) is 4.31 Å². The molecule has 2 rings (SSSR count). The molecule has 0 aromatic rings. The van der Waals surface area contributed by atoms with E-state index in [1.54, 1.807) is 0 Å². The molecule has 0 bridgehead atoms. The summed E-state index contributed by atoms with van der Waals surface area (Å²) in [4.78, 5) is 0. The quantitative estimate of drug-likeness (QED) is 0.777. The number of hydrogen-bond acceptors (Lipinski definition) is 3. The molecule has 0 atom stereocenters. The molecule has 2 aliphatic rings. The lowest BCUT2D eigenvalue weighted by Gasteiger charge is -2.27. The maximum absolute atomic E-state index is 12.6. The molecule has 1 saturated heterocycles. The number of sulfonamides is 1. The van der Waals surface area contributed by atoms with Gasteiger partial charge in [-0.05, 0) is 57.0 Å². The highest BCUT2D eigenvalue weighted by Gasteiger charge is 2.37. The van der Waals surface area contributed by atoms with E-state index in [1.165, 1.54) is 0 Å². The number of rotatable bonds is 7. The molecule has 1 aliphatic heterocycles. The molecule has 1 heterocycles. The van der Waals surface area contributed by atoms with E-state index in [9.17, 15) is 8.42 Å². The summed E-state index contributed by atoms with van der Waals surface area (Å²) < 4.78 is 27.0. The van der Waals surface area contributed by atoms with Gasteiger partial charge in [0.05, 0.1) is 5.75 Å². The minimum atomic E-state index is -3.05. The van der Waals surface area contributed by atoms with Crippen molar-refractivity contribution >= 4 is 10.0 Å². The topological polar surface area (TPSA) is 49.4 Å². The molecule has 2 fully saturated rings. The molecule has 0 aromatic heterocycles. The summed E-state index contributed by atoms with van der Waals surface area (Å²) in [5.74, 6) is 1.28. The monoisotopic (exact) mass is 288 g/mol. The molecule has 0 unspecified atom stereocenters. The maximum Gasteiger partial charge on any atom is 0.214 e. The Balaban J connectivity index is 1.93. The van der Waals surface area contributed by atoms with Gasteiger partial charge in [0.25, 0.3) is 0 Å². The van der Waals surface area contributed by atoms with Crippen molar-refractivity contribution in [1.82, 2.24) is 9.62 Å². The van der Waals surface area contributed by atoms with Crippen molar-refractivity contribution < 1.29 is 8.42 Å². The Kier molecular flexibility index (Phi) is 5.26. The van der Waals surface area contributed by atoms with Crippen LogP contribution in [-0.4, -0.2) is 44.2 Å². The van der Waals surface area contributed by atoms with E-state index < -0.39 is 10.0 Å². The molecular formula is C14H28N2O2S. The lowest BCUT2D eigenvalue weighted by Crippen LogP contribution is -2.40. The summed E-state index contributed by atoms with van der Waals surface area (Å²) in [7, 11) is -3.05. The first kappa shape index (κ1) is 15.3. The summed E-state index contributed by atoms with van der Waals surface area (Å²) in [6, 6.07) is 0.311. The van der Waals surface area contributed by atoms with Gasteiger partial charge in [0, 0.05) is 12.6 Å². The van der Waals surface area contributed by atoms with Gasteiger partial charge in [-0.3, -0.25) is 0 Å². The Labute approximate surface area is 118 Å². The second-order valence-electron chi connectivity index (χ2n) is 6.50. The lowest BCUT2D eigenvalue weighted by atomic mass is 10.0. The molecule has 0 amide bonds. The third kappa shape index (κ3) is 4.72. The van der Waals surface area contributed by atoms with Gasteiger partial charge in [-0.15, -0.1) is 0 Å². The molecule has 0 spiro atoms. The third-order valence-electron chi connectivity index (χ3n) is 4.14. The normalized spacial score (nSPS) is 22.3. The van der Waals surface area contributed by atoms with Gasteiger partial charge in [-0.25, -0.2) is 8.42 Å². The van der Waals surface area contributed by atoms with E-state index in [0.29, 0.717) is 23.6 Å². The van der Waals surface area contributed by atoms with E-state index in [0.717, 1.165) is 51.7 Å². The van der Waals surface area contributed by atoms with Crippen LogP contribution in [0.3, 0.4) is 0 Å². The lowest BCUT2D eigenvalue weighted by molar-refractivity contribution is 0.355. The predicted octanol–water partition coefficient (Wildman–Crippen LogP) is 1.83. The van der Waals surface area contributed by atoms with Crippen molar-refractivity contribution in [3.05, 3.63) is 0 Å². The van der Waals surface area contributed by atoms with Gasteiger partial charge in [-0.1, -0.05) is 13.8 Å². The van der Waals surface area contributed by atoms with E-state index >= 15 is 0 Å². The van der Waals surface area contributed by atoms with Gasteiger partial charge in [0.15, 0.2) is 0 Å². The van der Waals surface area contributed by atoms with Crippen molar-refractivity contribution in [3.8, 4) is 0 Å². The highest BCUT2D eigenvalue weighted by atomic mass is 32.2. The first-order valence-corrected chi connectivity index (χ1v) is 9.30. The standard InChI is InChI=1S/C14H28N2O2S/c1-12(2)7-10-16(14-3-4-14)19(17,18)11-13-5-8-15-9-6-13/h12-15H,3-11H2,1-2H3. The van der Waals surface area contributed by atoms with Crippen LogP contribution in [0, 0.1) is 11.8 Å². The smallest absolute Gasteiger partial charge is 0.214 e. The van der Waals surface area contributed by atoms with Crippen molar-refractivity contribution in [3.63, 3.8) is 0 Å². The van der Waals surface area contributed by atoms with Gasteiger partial charge in [0.2, 0.25) is 10.0 Å². The zero-order chi connectivity index (χ0) is 13.9. The summed E-state index contributed by atoms with van der Waals surface area (Å²) in [5.41, 5.74) is 0. The average Bonchev–Trinajstić information content (AvgIpc) is 3.13. The average molecular weight is 288 g/mol. The molecular weight excluding hydrogens is 260 g/mol. The van der Waals surface area contributed by atoms with Gasteiger partial charge in [0.1, 0.15) is 0 Å².